The molecule has 1 heterocycles. The van der Waals surface area contributed by atoms with E-state index in [0.29, 0.717) is 12.3 Å². The zero-order valence-electron chi connectivity index (χ0n) is 16.5. The molecule has 0 bridgehead atoms. The summed E-state index contributed by atoms with van der Waals surface area (Å²) >= 11 is 0. The molecule has 2 aromatic carbocycles. The molecule has 27 heavy (non-hydrogen) atoms. The van der Waals surface area contributed by atoms with Crippen molar-refractivity contribution in [1.29, 1.82) is 0 Å². The van der Waals surface area contributed by atoms with Crippen molar-refractivity contribution < 1.29 is 14.3 Å². The summed E-state index contributed by atoms with van der Waals surface area (Å²) in [5.41, 5.74) is 4.19. The van der Waals surface area contributed by atoms with Gasteiger partial charge in [0.05, 0.1) is 20.3 Å². The van der Waals surface area contributed by atoms with Gasteiger partial charge in [0, 0.05) is 12.1 Å². The van der Waals surface area contributed by atoms with Gasteiger partial charge in [-0.05, 0) is 48.6 Å². The fourth-order valence-corrected chi connectivity index (χ4v) is 3.78. The van der Waals surface area contributed by atoms with Gasteiger partial charge in [-0.25, -0.2) is 0 Å². The topological polar surface area (TPSA) is 38.8 Å². The Labute approximate surface area is 161 Å². The van der Waals surface area contributed by atoms with E-state index in [1.807, 2.05) is 55.2 Å². The number of hydrogen-bond acceptors (Lipinski definition) is 3. The van der Waals surface area contributed by atoms with Crippen LogP contribution in [0.1, 0.15) is 43.0 Å². The van der Waals surface area contributed by atoms with Crippen molar-refractivity contribution in [3.8, 4) is 11.5 Å². The number of fused-ring (bicyclic) bond motifs is 1. The zero-order chi connectivity index (χ0) is 19.4. The number of carbonyl (C=O) groups excluding carboxylic acids is 1. The van der Waals surface area contributed by atoms with Gasteiger partial charge in [-0.15, -0.1) is 0 Å². The van der Waals surface area contributed by atoms with Crippen LogP contribution in [0.25, 0.3) is 0 Å². The molecule has 1 aliphatic heterocycles. The zero-order valence-corrected chi connectivity index (χ0v) is 16.5. The predicted molar refractivity (Wildman–Crippen MR) is 107 cm³/mol. The number of carbonyl (C=O) groups is 1. The highest BCUT2D eigenvalue weighted by Gasteiger charge is 2.33. The third-order valence-electron chi connectivity index (χ3n) is 5.10. The quantitative estimate of drug-likeness (QED) is 0.731. The van der Waals surface area contributed by atoms with Gasteiger partial charge >= 0.3 is 0 Å². The number of allylic oxidation sites excluding steroid dienone is 1. The second kappa shape index (κ2) is 8.30. The molecule has 0 aromatic heterocycles. The molecular weight excluding hydrogens is 338 g/mol. The van der Waals surface area contributed by atoms with Crippen LogP contribution in [0.3, 0.4) is 0 Å². The lowest BCUT2D eigenvalue weighted by Crippen LogP contribution is -2.41. The Morgan fingerprint density at radius 2 is 1.81 bits per heavy atom. The standard InChI is InChI=1S/C23H27NO3/c1-5-9-16(2)23(25)24-13-12-18-14-20(26-3)21(27-4)15-19(18)22(24)17-10-7-6-8-11-17/h6-11,14-15,22H,5,12-13H2,1-4H3/b16-9-. The molecule has 0 aliphatic carbocycles. The lowest BCUT2D eigenvalue weighted by atomic mass is 9.87. The Bertz CT molecular complexity index is 842. The van der Waals surface area contributed by atoms with Gasteiger partial charge in [-0.3, -0.25) is 4.79 Å². The van der Waals surface area contributed by atoms with Crippen LogP contribution >= 0.6 is 0 Å². The maximum Gasteiger partial charge on any atom is 0.249 e. The molecule has 142 valence electrons. The van der Waals surface area contributed by atoms with Gasteiger partial charge < -0.3 is 14.4 Å². The van der Waals surface area contributed by atoms with E-state index in [1.54, 1.807) is 14.2 Å². The largest absolute Gasteiger partial charge is 0.493 e. The van der Waals surface area contributed by atoms with Crippen molar-refractivity contribution >= 4 is 5.91 Å². The fraction of sp³-hybridized carbons (Fsp3) is 0.348. The van der Waals surface area contributed by atoms with Crippen LogP contribution in [0.4, 0.5) is 0 Å². The number of amides is 1. The molecule has 4 nitrogen and oxygen atoms in total. The third-order valence-corrected chi connectivity index (χ3v) is 5.10. The average molecular weight is 365 g/mol. The molecule has 0 saturated heterocycles. The summed E-state index contributed by atoms with van der Waals surface area (Å²) in [5.74, 6) is 1.50. The Kier molecular flexibility index (Phi) is 5.84. The Morgan fingerprint density at radius 1 is 1.15 bits per heavy atom. The number of nitrogens with zero attached hydrogens (tertiary/aromatic N) is 1. The average Bonchev–Trinajstić information content (AvgIpc) is 2.72. The molecule has 0 saturated carbocycles. The van der Waals surface area contributed by atoms with Crippen LogP contribution in [-0.2, 0) is 11.2 Å². The number of hydrogen-bond donors (Lipinski definition) is 0. The summed E-state index contributed by atoms with van der Waals surface area (Å²) in [4.78, 5) is 15.1. The Morgan fingerprint density at radius 3 is 2.44 bits per heavy atom. The number of benzene rings is 2. The van der Waals surface area contributed by atoms with E-state index in [-0.39, 0.29) is 11.9 Å². The lowest BCUT2D eigenvalue weighted by molar-refractivity contribution is -0.129. The second-order valence-electron chi connectivity index (χ2n) is 6.76. The highest BCUT2D eigenvalue weighted by molar-refractivity contribution is 5.93. The molecule has 2 aromatic rings. The van der Waals surface area contributed by atoms with Crippen LogP contribution in [0, 0.1) is 0 Å². The molecule has 1 aliphatic rings. The van der Waals surface area contributed by atoms with Gasteiger partial charge in [0.1, 0.15) is 0 Å². The van der Waals surface area contributed by atoms with E-state index in [1.165, 1.54) is 5.56 Å². The lowest BCUT2D eigenvalue weighted by Gasteiger charge is -2.38. The number of methoxy groups -OCH3 is 2. The van der Waals surface area contributed by atoms with Crippen molar-refractivity contribution in [3.63, 3.8) is 0 Å². The molecule has 0 spiro atoms. The summed E-state index contributed by atoms with van der Waals surface area (Å²) in [6, 6.07) is 14.1. The first-order valence-corrected chi connectivity index (χ1v) is 9.38. The first-order valence-electron chi connectivity index (χ1n) is 9.38. The molecule has 0 radical (unpaired) electrons. The number of ether oxygens (including phenoxy) is 2. The molecule has 1 amide bonds. The van der Waals surface area contributed by atoms with Crippen LogP contribution in [0.5, 0.6) is 11.5 Å². The van der Waals surface area contributed by atoms with Crippen molar-refractivity contribution in [2.24, 2.45) is 0 Å². The van der Waals surface area contributed by atoms with E-state index in [4.69, 9.17) is 9.47 Å². The van der Waals surface area contributed by atoms with E-state index in [0.717, 1.165) is 35.3 Å². The minimum Gasteiger partial charge on any atom is -0.493 e. The van der Waals surface area contributed by atoms with Gasteiger partial charge in [0.15, 0.2) is 11.5 Å². The van der Waals surface area contributed by atoms with E-state index < -0.39 is 0 Å². The van der Waals surface area contributed by atoms with E-state index >= 15 is 0 Å². The van der Waals surface area contributed by atoms with Crippen molar-refractivity contribution in [1.82, 2.24) is 4.90 Å². The molecular formula is C23H27NO3. The maximum atomic E-state index is 13.2. The fourth-order valence-electron chi connectivity index (χ4n) is 3.78. The summed E-state index contributed by atoms with van der Waals surface area (Å²) in [7, 11) is 3.29. The summed E-state index contributed by atoms with van der Waals surface area (Å²) in [6.07, 6.45) is 3.64. The SMILES string of the molecule is CC/C=C(/C)C(=O)N1CCc2cc(OC)c(OC)cc2C1c1ccccc1. The van der Waals surface area contributed by atoms with Gasteiger partial charge in [0.25, 0.3) is 0 Å². The minimum absolute atomic E-state index is 0.0890. The first-order chi connectivity index (χ1) is 13.1. The third kappa shape index (κ3) is 3.70. The number of rotatable bonds is 5. The maximum absolute atomic E-state index is 13.2. The first kappa shape index (κ1) is 19.0. The van der Waals surface area contributed by atoms with Crippen LogP contribution < -0.4 is 9.47 Å². The normalized spacial score (nSPS) is 16.7. The molecule has 4 heteroatoms. The van der Waals surface area contributed by atoms with Crippen molar-refractivity contribution in [3.05, 3.63) is 70.8 Å². The molecule has 1 atom stereocenters. The molecule has 0 fully saturated rings. The van der Waals surface area contributed by atoms with Crippen molar-refractivity contribution in [2.75, 3.05) is 20.8 Å². The minimum atomic E-state index is -0.137. The second-order valence-corrected chi connectivity index (χ2v) is 6.76. The van der Waals surface area contributed by atoms with Gasteiger partial charge in [0.2, 0.25) is 5.91 Å². The molecule has 3 rings (SSSR count). The smallest absolute Gasteiger partial charge is 0.249 e. The predicted octanol–water partition coefficient (Wildman–Crippen LogP) is 4.53. The highest BCUT2D eigenvalue weighted by Crippen LogP contribution is 2.41. The highest BCUT2D eigenvalue weighted by atomic mass is 16.5. The van der Waals surface area contributed by atoms with Crippen LogP contribution in [-0.4, -0.2) is 31.6 Å². The van der Waals surface area contributed by atoms with Gasteiger partial charge in [-0.1, -0.05) is 43.3 Å². The van der Waals surface area contributed by atoms with Gasteiger partial charge in [-0.2, -0.15) is 0 Å². The Hall–Kier alpha value is -2.75. The van der Waals surface area contributed by atoms with E-state index in [2.05, 4.69) is 12.1 Å². The van der Waals surface area contributed by atoms with Crippen LogP contribution in [0.2, 0.25) is 0 Å². The summed E-state index contributed by atoms with van der Waals surface area (Å²) < 4.78 is 11.0. The molecule has 0 N–H and O–H groups in total. The van der Waals surface area contributed by atoms with Crippen LogP contribution in [0.15, 0.2) is 54.1 Å². The molecule has 1 unspecified atom stereocenters. The van der Waals surface area contributed by atoms with Crippen molar-refractivity contribution in [2.45, 2.75) is 32.7 Å². The van der Waals surface area contributed by atoms with E-state index in [9.17, 15) is 4.79 Å². The summed E-state index contributed by atoms with van der Waals surface area (Å²) in [6.45, 7) is 4.63. The summed E-state index contributed by atoms with van der Waals surface area (Å²) in [5, 5.41) is 0. The monoisotopic (exact) mass is 365 g/mol. The Balaban J connectivity index is 2.14.